The van der Waals surface area contributed by atoms with E-state index in [1.165, 1.54) is 0 Å². The van der Waals surface area contributed by atoms with Crippen molar-refractivity contribution in [2.45, 2.75) is 6.04 Å². The topological polar surface area (TPSA) is 81.1 Å². The molecule has 0 aliphatic carbocycles. The fraction of sp³-hybridized carbons (Fsp3) is 0.222. The maximum atomic E-state index is 10.7. The zero-order valence-corrected chi connectivity index (χ0v) is 10.7. The highest BCUT2D eigenvalue weighted by Crippen LogP contribution is 2.21. The first-order valence-electron chi connectivity index (χ1n) is 4.24. The zero-order chi connectivity index (χ0) is 11.4. The van der Waals surface area contributed by atoms with Gasteiger partial charge >= 0.3 is 0 Å². The maximum absolute atomic E-state index is 10.7. The van der Waals surface area contributed by atoms with Crippen LogP contribution in [0.5, 0.6) is 0 Å². The highest BCUT2D eigenvalue weighted by molar-refractivity contribution is 14.1. The van der Waals surface area contributed by atoms with Crippen LogP contribution in [0.4, 0.5) is 5.69 Å². The van der Waals surface area contributed by atoms with Crippen LogP contribution in [0, 0.1) is 3.57 Å². The van der Waals surface area contributed by atoms with E-state index in [1.807, 2.05) is 12.1 Å². The Morgan fingerprint density at radius 2 is 2.27 bits per heavy atom. The highest BCUT2D eigenvalue weighted by atomic mass is 127. The molecule has 0 bridgehead atoms. The van der Waals surface area contributed by atoms with Crippen molar-refractivity contribution in [1.29, 1.82) is 0 Å². The number of hydrogen-bond acceptors (Lipinski definition) is 3. The van der Waals surface area contributed by atoms with Gasteiger partial charge in [-0.25, -0.2) is 0 Å². The molecule has 1 amide bonds. The van der Waals surface area contributed by atoms with Gasteiger partial charge in [-0.1, -0.05) is 11.6 Å². The normalized spacial score (nSPS) is 12.2. The summed E-state index contributed by atoms with van der Waals surface area (Å²) in [5.74, 6) is -0.522. The van der Waals surface area contributed by atoms with Gasteiger partial charge in [0, 0.05) is 20.8 Å². The Morgan fingerprint density at radius 3 is 2.80 bits per heavy atom. The van der Waals surface area contributed by atoms with E-state index in [4.69, 9.17) is 23.1 Å². The van der Waals surface area contributed by atoms with Crippen LogP contribution in [0.25, 0.3) is 0 Å². The molecule has 0 saturated carbocycles. The number of carbonyl (C=O) groups is 1. The fourth-order valence-corrected chi connectivity index (χ4v) is 2.02. The number of rotatable bonds is 4. The van der Waals surface area contributed by atoms with Gasteiger partial charge in [-0.2, -0.15) is 0 Å². The fourth-order valence-electron chi connectivity index (χ4n) is 0.953. The smallest absolute Gasteiger partial charge is 0.236 e. The van der Waals surface area contributed by atoms with E-state index in [-0.39, 0.29) is 0 Å². The molecule has 1 unspecified atom stereocenters. The Kier molecular flexibility index (Phi) is 4.62. The quantitative estimate of drug-likeness (QED) is 0.720. The van der Waals surface area contributed by atoms with E-state index in [1.54, 1.807) is 6.07 Å². The number of carbonyl (C=O) groups excluding carboxylic acids is 1. The van der Waals surface area contributed by atoms with E-state index in [0.717, 1.165) is 9.26 Å². The van der Waals surface area contributed by atoms with Crippen molar-refractivity contribution in [1.82, 2.24) is 0 Å². The van der Waals surface area contributed by atoms with E-state index in [0.29, 0.717) is 11.6 Å². The van der Waals surface area contributed by atoms with Crippen LogP contribution >= 0.6 is 34.2 Å². The lowest BCUT2D eigenvalue weighted by Gasteiger charge is -2.11. The Balaban J connectivity index is 2.62. The van der Waals surface area contributed by atoms with Crippen molar-refractivity contribution in [2.24, 2.45) is 11.5 Å². The zero-order valence-electron chi connectivity index (χ0n) is 7.84. The molecule has 1 aromatic carbocycles. The minimum absolute atomic E-state index is 0.312. The largest absolute Gasteiger partial charge is 0.382 e. The van der Waals surface area contributed by atoms with Crippen molar-refractivity contribution in [3.63, 3.8) is 0 Å². The van der Waals surface area contributed by atoms with Gasteiger partial charge in [0.2, 0.25) is 5.91 Å². The minimum Gasteiger partial charge on any atom is -0.382 e. The molecular weight excluding hydrogens is 328 g/mol. The molecule has 0 spiro atoms. The van der Waals surface area contributed by atoms with Gasteiger partial charge < -0.3 is 16.8 Å². The van der Waals surface area contributed by atoms with Crippen molar-refractivity contribution in [3.8, 4) is 0 Å². The lowest BCUT2D eigenvalue weighted by molar-refractivity contribution is -0.118. The van der Waals surface area contributed by atoms with Crippen LogP contribution in [0.15, 0.2) is 18.2 Å². The Bertz CT molecular complexity index is 372. The van der Waals surface area contributed by atoms with Gasteiger partial charge in [-0.05, 0) is 40.8 Å². The van der Waals surface area contributed by atoms with Crippen LogP contribution in [-0.2, 0) is 4.79 Å². The molecule has 1 rings (SSSR count). The lowest BCUT2D eigenvalue weighted by atomic mass is 10.2. The van der Waals surface area contributed by atoms with Crippen molar-refractivity contribution in [3.05, 3.63) is 26.8 Å². The summed E-state index contributed by atoms with van der Waals surface area (Å²) in [6, 6.07) is 4.73. The number of hydrogen-bond donors (Lipinski definition) is 3. The SMILES string of the molecule is NC(=O)C(N)CNc1ccc(Cl)cc1I. The third-order valence-electron chi connectivity index (χ3n) is 1.81. The van der Waals surface area contributed by atoms with Crippen LogP contribution in [0.3, 0.4) is 0 Å². The second-order valence-electron chi connectivity index (χ2n) is 3.01. The van der Waals surface area contributed by atoms with E-state index in [9.17, 15) is 4.79 Å². The van der Waals surface area contributed by atoms with Gasteiger partial charge in [-0.15, -0.1) is 0 Å². The second-order valence-corrected chi connectivity index (χ2v) is 4.61. The molecule has 6 heteroatoms. The predicted molar refractivity (Wildman–Crippen MR) is 69.8 cm³/mol. The standard InChI is InChI=1S/C9H11ClIN3O/c10-5-1-2-8(6(11)3-5)14-4-7(12)9(13)15/h1-3,7,14H,4,12H2,(H2,13,15). The molecular formula is C9H11ClIN3O. The van der Waals surface area contributed by atoms with Crippen LogP contribution in [-0.4, -0.2) is 18.5 Å². The molecule has 0 fully saturated rings. The highest BCUT2D eigenvalue weighted by Gasteiger charge is 2.09. The number of anilines is 1. The molecule has 0 aromatic heterocycles. The van der Waals surface area contributed by atoms with Crippen molar-refractivity contribution < 1.29 is 4.79 Å². The first-order valence-corrected chi connectivity index (χ1v) is 5.70. The third kappa shape index (κ3) is 3.84. The lowest BCUT2D eigenvalue weighted by Crippen LogP contribution is -2.41. The average molecular weight is 340 g/mol. The molecule has 4 nitrogen and oxygen atoms in total. The molecule has 0 heterocycles. The number of amides is 1. The number of nitrogens with one attached hydrogen (secondary N) is 1. The van der Waals surface area contributed by atoms with E-state index < -0.39 is 11.9 Å². The van der Waals surface area contributed by atoms with Crippen LogP contribution in [0.2, 0.25) is 5.02 Å². The average Bonchev–Trinajstić information content (AvgIpc) is 2.15. The maximum Gasteiger partial charge on any atom is 0.236 e. The molecule has 1 aromatic rings. The molecule has 5 N–H and O–H groups in total. The van der Waals surface area contributed by atoms with Gasteiger partial charge in [-0.3, -0.25) is 4.79 Å². The second kappa shape index (κ2) is 5.53. The summed E-state index contributed by atoms with van der Waals surface area (Å²) in [6.45, 7) is 0.312. The van der Waals surface area contributed by atoms with Gasteiger partial charge in [0.1, 0.15) is 6.04 Å². The van der Waals surface area contributed by atoms with Crippen LogP contribution < -0.4 is 16.8 Å². The van der Waals surface area contributed by atoms with Crippen molar-refractivity contribution in [2.75, 3.05) is 11.9 Å². The molecule has 0 radical (unpaired) electrons. The van der Waals surface area contributed by atoms with Gasteiger partial charge in [0.15, 0.2) is 0 Å². The Labute approximate surface area is 106 Å². The summed E-state index contributed by atoms with van der Waals surface area (Å²) in [6.07, 6.45) is 0. The molecule has 15 heavy (non-hydrogen) atoms. The van der Waals surface area contributed by atoms with E-state index in [2.05, 4.69) is 27.9 Å². The van der Waals surface area contributed by atoms with Crippen molar-refractivity contribution >= 4 is 45.8 Å². The number of halogens is 2. The molecule has 0 aliphatic rings. The first-order chi connectivity index (χ1) is 7.00. The Hall–Kier alpha value is -0.530. The molecule has 1 atom stereocenters. The summed E-state index contributed by atoms with van der Waals surface area (Å²) < 4.78 is 0.969. The number of benzene rings is 1. The molecule has 0 aliphatic heterocycles. The van der Waals surface area contributed by atoms with E-state index >= 15 is 0 Å². The number of nitrogens with two attached hydrogens (primary N) is 2. The summed E-state index contributed by atoms with van der Waals surface area (Å²) in [7, 11) is 0. The van der Waals surface area contributed by atoms with Gasteiger partial charge in [0.05, 0.1) is 0 Å². The first kappa shape index (κ1) is 12.5. The summed E-state index contributed by atoms with van der Waals surface area (Å²) in [5.41, 5.74) is 11.4. The van der Waals surface area contributed by atoms with Crippen LogP contribution in [0.1, 0.15) is 0 Å². The molecule has 0 saturated heterocycles. The van der Waals surface area contributed by atoms with Gasteiger partial charge in [0.25, 0.3) is 0 Å². The third-order valence-corrected chi connectivity index (χ3v) is 2.94. The molecule has 82 valence electrons. The monoisotopic (exact) mass is 339 g/mol. The predicted octanol–water partition coefficient (Wildman–Crippen LogP) is 1.17. The Morgan fingerprint density at radius 1 is 1.60 bits per heavy atom. The number of primary amides is 1. The summed E-state index contributed by atoms with van der Waals surface area (Å²) in [4.78, 5) is 10.7. The minimum atomic E-state index is -0.684. The summed E-state index contributed by atoms with van der Waals surface area (Å²) in [5, 5.41) is 3.70. The summed E-state index contributed by atoms with van der Waals surface area (Å²) >= 11 is 7.94.